The number of hydrogen-bond acceptors (Lipinski definition) is 4. The van der Waals surface area contributed by atoms with Gasteiger partial charge in [0.1, 0.15) is 5.82 Å². The van der Waals surface area contributed by atoms with E-state index in [0.717, 1.165) is 31.1 Å². The van der Waals surface area contributed by atoms with Crippen LogP contribution in [0.1, 0.15) is 39.7 Å². The third-order valence-corrected chi connectivity index (χ3v) is 5.74. The summed E-state index contributed by atoms with van der Waals surface area (Å²) in [7, 11) is 2.02. The Labute approximate surface area is 140 Å². The summed E-state index contributed by atoms with van der Waals surface area (Å²) in [4.78, 5) is 17.7. The molecule has 2 aromatic heterocycles. The van der Waals surface area contributed by atoms with Crippen molar-refractivity contribution < 1.29 is 4.79 Å². The second-order valence-corrected chi connectivity index (χ2v) is 7.50. The largest absolute Gasteiger partial charge is 0.353 e. The molecule has 0 spiro atoms. The van der Waals surface area contributed by atoms with Gasteiger partial charge in [-0.15, -0.1) is 11.3 Å². The van der Waals surface area contributed by atoms with Crippen molar-refractivity contribution in [2.45, 2.75) is 25.7 Å². The normalized spacial score (nSPS) is 18.5. The Bertz CT molecular complexity index is 723. The third kappa shape index (κ3) is 2.87. The first-order chi connectivity index (χ1) is 11.1. The predicted octanol–water partition coefficient (Wildman–Crippen LogP) is 2.63. The fourth-order valence-electron chi connectivity index (χ4n) is 3.19. The average Bonchev–Trinajstić information content (AvgIpc) is 3.21. The zero-order chi connectivity index (χ0) is 16.0. The summed E-state index contributed by atoms with van der Waals surface area (Å²) in [6.07, 6.45) is 2.55. The number of carbonyl (C=O) groups excluding carboxylic acids is 1. The molecule has 0 radical (unpaired) electrons. The Kier molecular flexibility index (Phi) is 3.64. The minimum Gasteiger partial charge on any atom is -0.353 e. The monoisotopic (exact) mass is 330 g/mol. The van der Waals surface area contributed by atoms with Gasteiger partial charge in [-0.2, -0.15) is 5.10 Å². The number of aryl methyl sites for hydroxylation is 2. The lowest BCUT2D eigenvalue weighted by Crippen LogP contribution is -2.49. The summed E-state index contributed by atoms with van der Waals surface area (Å²) in [5.41, 5.74) is 2.40. The van der Waals surface area contributed by atoms with Gasteiger partial charge < -0.3 is 9.80 Å². The molecule has 0 unspecified atom stereocenters. The maximum absolute atomic E-state index is 12.5. The number of aromatic nitrogens is 2. The smallest absolute Gasteiger partial charge is 0.264 e. The van der Waals surface area contributed by atoms with Gasteiger partial charge in [0.25, 0.3) is 5.91 Å². The van der Waals surface area contributed by atoms with Gasteiger partial charge in [0, 0.05) is 45.2 Å². The van der Waals surface area contributed by atoms with Gasteiger partial charge >= 0.3 is 0 Å². The maximum atomic E-state index is 12.5. The van der Waals surface area contributed by atoms with Crippen LogP contribution in [-0.4, -0.2) is 46.8 Å². The molecule has 3 heterocycles. The summed E-state index contributed by atoms with van der Waals surface area (Å²) >= 11 is 1.55. The van der Waals surface area contributed by atoms with E-state index in [1.165, 1.54) is 29.9 Å². The van der Waals surface area contributed by atoms with Crippen molar-refractivity contribution >= 4 is 23.1 Å². The molecular formula is C17H22N4OS. The van der Waals surface area contributed by atoms with Gasteiger partial charge in [-0.25, -0.2) is 0 Å². The highest BCUT2D eigenvalue weighted by atomic mass is 32.1. The van der Waals surface area contributed by atoms with Crippen LogP contribution in [0.15, 0.2) is 17.5 Å². The van der Waals surface area contributed by atoms with Crippen molar-refractivity contribution in [2.75, 3.05) is 31.1 Å². The lowest BCUT2D eigenvalue weighted by molar-refractivity contribution is 0.0751. The number of nitrogens with zero attached hydrogens (tertiary/aromatic N) is 4. The standard InChI is InChI=1S/C17H22N4OS/c1-12-9-15(23-11-12)17(22)21-7-5-20(6-8-21)16-10-14(13-3-4-13)18-19(16)2/h9-11,13H,3-8H2,1-2H3. The number of anilines is 1. The van der Waals surface area contributed by atoms with Crippen LogP contribution >= 0.6 is 11.3 Å². The van der Waals surface area contributed by atoms with E-state index in [4.69, 9.17) is 0 Å². The molecule has 2 fully saturated rings. The Morgan fingerprint density at radius 1 is 1.22 bits per heavy atom. The van der Waals surface area contributed by atoms with Crippen molar-refractivity contribution in [1.29, 1.82) is 0 Å². The zero-order valence-corrected chi connectivity index (χ0v) is 14.5. The summed E-state index contributed by atoms with van der Waals surface area (Å²) in [6, 6.07) is 4.22. The Morgan fingerprint density at radius 2 is 1.96 bits per heavy atom. The van der Waals surface area contributed by atoms with Crippen LogP contribution in [0.2, 0.25) is 0 Å². The number of thiophene rings is 1. The highest BCUT2D eigenvalue weighted by Gasteiger charge is 2.29. The average molecular weight is 330 g/mol. The molecule has 1 aliphatic carbocycles. The van der Waals surface area contributed by atoms with E-state index in [1.807, 2.05) is 35.0 Å². The van der Waals surface area contributed by atoms with E-state index in [9.17, 15) is 4.79 Å². The SMILES string of the molecule is Cc1csc(C(=O)N2CCN(c3cc(C4CC4)nn3C)CC2)c1. The van der Waals surface area contributed by atoms with E-state index < -0.39 is 0 Å². The fourth-order valence-corrected chi connectivity index (χ4v) is 4.06. The van der Waals surface area contributed by atoms with Crippen LogP contribution in [0.25, 0.3) is 0 Å². The molecule has 0 N–H and O–H groups in total. The fraction of sp³-hybridized carbons (Fsp3) is 0.529. The van der Waals surface area contributed by atoms with Gasteiger partial charge in [0.2, 0.25) is 0 Å². The van der Waals surface area contributed by atoms with Gasteiger partial charge in [-0.1, -0.05) is 0 Å². The molecule has 23 heavy (non-hydrogen) atoms. The van der Waals surface area contributed by atoms with Crippen LogP contribution < -0.4 is 4.90 Å². The van der Waals surface area contributed by atoms with Gasteiger partial charge in [0.15, 0.2) is 0 Å². The Balaban J connectivity index is 1.41. The lowest BCUT2D eigenvalue weighted by Gasteiger charge is -2.35. The topological polar surface area (TPSA) is 41.4 Å². The number of carbonyl (C=O) groups is 1. The first-order valence-electron chi connectivity index (χ1n) is 8.25. The Hall–Kier alpha value is -1.82. The van der Waals surface area contributed by atoms with Crippen LogP contribution in [0.3, 0.4) is 0 Å². The summed E-state index contributed by atoms with van der Waals surface area (Å²) in [5.74, 6) is 2.04. The molecule has 0 atom stereocenters. The van der Waals surface area contributed by atoms with Gasteiger partial charge in [-0.3, -0.25) is 9.48 Å². The first-order valence-corrected chi connectivity index (χ1v) is 9.13. The van der Waals surface area contributed by atoms with Crippen LogP contribution in [-0.2, 0) is 7.05 Å². The van der Waals surface area contributed by atoms with Crippen molar-refractivity contribution in [3.63, 3.8) is 0 Å². The highest BCUT2D eigenvalue weighted by molar-refractivity contribution is 7.12. The predicted molar refractivity (Wildman–Crippen MR) is 92.4 cm³/mol. The molecule has 4 rings (SSSR count). The highest BCUT2D eigenvalue weighted by Crippen LogP contribution is 2.40. The molecule has 5 nitrogen and oxygen atoms in total. The van der Waals surface area contributed by atoms with E-state index in [2.05, 4.69) is 16.1 Å². The molecule has 2 aromatic rings. The Morgan fingerprint density at radius 3 is 2.57 bits per heavy atom. The molecule has 1 aliphatic heterocycles. The summed E-state index contributed by atoms with van der Waals surface area (Å²) in [5, 5.41) is 6.69. The van der Waals surface area contributed by atoms with Crippen molar-refractivity contribution in [2.24, 2.45) is 7.05 Å². The van der Waals surface area contributed by atoms with Crippen molar-refractivity contribution in [1.82, 2.24) is 14.7 Å². The van der Waals surface area contributed by atoms with E-state index >= 15 is 0 Å². The number of piperazine rings is 1. The zero-order valence-electron chi connectivity index (χ0n) is 13.7. The second kappa shape index (κ2) is 5.67. The van der Waals surface area contributed by atoms with Crippen LogP contribution in [0, 0.1) is 6.92 Å². The van der Waals surface area contributed by atoms with E-state index in [-0.39, 0.29) is 5.91 Å². The lowest BCUT2D eigenvalue weighted by atomic mass is 10.2. The van der Waals surface area contributed by atoms with Crippen LogP contribution in [0.4, 0.5) is 5.82 Å². The summed E-state index contributed by atoms with van der Waals surface area (Å²) in [6.45, 7) is 5.34. The van der Waals surface area contributed by atoms with E-state index in [1.54, 1.807) is 11.3 Å². The number of rotatable bonds is 3. The number of hydrogen-bond donors (Lipinski definition) is 0. The second-order valence-electron chi connectivity index (χ2n) is 6.59. The minimum absolute atomic E-state index is 0.173. The van der Waals surface area contributed by atoms with Gasteiger partial charge in [0.05, 0.1) is 10.6 Å². The molecule has 0 bridgehead atoms. The minimum atomic E-state index is 0.173. The molecule has 0 aromatic carbocycles. The molecule has 2 aliphatic rings. The molecule has 1 saturated heterocycles. The summed E-state index contributed by atoms with van der Waals surface area (Å²) < 4.78 is 1.99. The molecular weight excluding hydrogens is 308 g/mol. The molecule has 1 saturated carbocycles. The number of amides is 1. The maximum Gasteiger partial charge on any atom is 0.264 e. The third-order valence-electron chi connectivity index (χ3n) is 4.70. The molecule has 1 amide bonds. The molecule has 6 heteroatoms. The van der Waals surface area contributed by atoms with Crippen molar-refractivity contribution in [3.8, 4) is 0 Å². The quantitative estimate of drug-likeness (QED) is 0.869. The van der Waals surface area contributed by atoms with Crippen molar-refractivity contribution in [3.05, 3.63) is 33.6 Å². The van der Waals surface area contributed by atoms with E-state index in [0.29, 0.717) is 5.92 Å². The molecule has 122 valence electrons. The first kappa shape index (κ1) is 14.8. The van der Waals surface area contributed by atoms with Crippen LogP contribution in [0.5, 0.6) is 0 Å². The van der Waals surface area contributed by atoms with Gasteiger partial charge in [-0.05, 0) is 36.8 Å².